The Kier molecular flexibility index (Phi) is 6.40. The molecular weight excluding hydrogens is 294 g/mol. The lowest BCUT2D eigenvalue weighted by atomic mass is 10.00. The summed E-state index contributed by atoms with van der Waals surface area (Å²) < 4.78 is 5.29. The van der Waals surface area contributed by atoms with Crippen molar-refractivity contribution < 1.29 is 14.3 Å². The fourth-order valence-electron chi connectivity index (χ4n) is 2.91. The standard InChI is InChI=1S/C17H25N3O3/c1-23-15-8-3-2-7-14(15)17(22)20-11-5-4-6-13(20)12-19-16(21)9-10-18/h2-3,7-8,13H,4-6,9-12,18H2,1H3,(H,19,21). The Hall–Kier alpha value is -2.08. The number of hydrogen-bond acceptors (Lipinski definition) is 4. The molecule has 1 saturated heterocycles. The molecule has 23 heavy (non-hydrogen) atoms. The van der Waals surface area contributed by atoms with Crippen molar-refractivity contribution in [1.29, 1.82) is 0 Å². The van der Waals surface area contributed by atoms with E-state index >= 15 is 0 Å². The Balaban J connectivity index is 2.08. The number of amides is 2. The van der Waals surface area contributed by atoms with Crippen LogP contribution in [0.1, 0.15) is 36.0 Å². The first-order chi connectivity index (χ1) is 11.2. The van der Waals surface area contributed by atoms with E-state index in [0.29, 0.717) is 37.4 Å². The quantitative estimate of drug-likeness (QED) is 0.824. The first-order valence-electron chi connectivity index (χ1n) is 8.08. The smallest absolute Gasteiger partial charge is 0.257 e. The molecular formula is C17H25N3O3. The highest BCUT2D eigenvalue weighted by molar-refractivity contribution is 5.97. The fourth-order valence-corrected chi connectivity index (χ4v) is 2.91. The largest absolute Gasteiger partial charge is 0.496 e. The van der Waals surface area contributed by atoms with Crippen LogP contribution in [0, 0.1) is 0 Å². The molecule has 1 aliphatic heterocycles. The maximum absolute atomic E-state index is 12.9. The van der Waals surface area contributed by atoms with Gasteiger partial charge in [-0.25, -0.2) is 0 Å². The molecule has 2 rings (SSSR count). The molecule has 1 unspecified atom stereocenters. The van der Waals surface area contributed by atoms with Crippen LogP contribution >= 0.6 is 0 Å². The minimum absolute atomic E-state index is 0.0166. The van der Waals surface area contributed by atoms with Gasteiger partial charge in [-0.3, -0.25) is 9.59 Å². The number of benzene rings is 1. The van der Waals surface area contributed by atoms with E-state index in [2.05, 4.69) is 5.32 Å². The summed E-state index contributed by atoms with van der Waals surface area (Å²) in [5.41, 5.74) is 5.95. The molecule has 1 aromatic rings. The molecule has 1 atom stereocenters. The summed E-state index contributed by atoms with van der Waals surface area (Å²) in [7, 11) is 1.56. The van der Waals surface area contributed by atoms with E-state index in [-0.39, 0.29) is 17.9 Å². The number of nitrogens with one attached hydrogen (secondary N) is 1. The van der Waals surface area contributed by atoms with Crippen LogP contribution < -0.4 is 15.8 Å². The van der Waals surface area contributed by atoms with Crippen LogP contribution in [-0.4, -0.2) is 49.5 Å². The predicted octanol–water partition coefficient (Wildman–Crippen LogP) is 1.15. The number of ether oxygens (including phenoxy) is 1. The minimum Gasteiger partial charge on any atom is -0.496 e. The SMILES string of the molecule is COc1ccccc1C(=O)N1CCCCC1CNC(=O)CCN. The first-order valence-corrected chi connectivity index (χ1v) is 8.08. The van der Waals surface area contributed by atoms with Gasteiger partial charge in [0, 0.05) is 32.1 Å². The van der Waals surface area contributed by atoms with Crippen molar-refractivity contribution in [2.24, 2.45) is 5.73 Å². The lowest BCUT2D eigenvalue weighted by Crippen LogP contribution is -2.49. The number of nitrogens with two attached hydrogens (primary N) is 1. The molecule has 0 aliphatic carbocycles. The Morgan fingerprint density at radius 2 is 2.13 bits per heavy atom. The Labute approximate surface area is 137 Å². The number of nitrogens with zero attached hydrogens (tertiary/aromatic N) is 1. The van der Waals surface area contributed by atoms with Crippen LogP contribution in [0.4, 0.5) is 0 Å². The summed E-state index contributed by atoms with van der Waals surface area (Å²) in [6.07, 6.45) is 3.25. The molecule has 0 spiro atoms. The zero-order valence-electron chi connectivity index (χ0n) is 13.6. The summed E-state index contributed by atoms with van der Waals surface area (Å²) in [4.78, 5) is 26.3. The van der Waals surface area contributed by atoms with Crippen molar-refractivity contribution in [1.82, 2.24) is 10.2 Å². The Bertz CT molecular complexity index is 548. The second kappa shape index (κ2) is 8.53. The molecule has 1 aromatic carbocycles. The van der Waals surface area contributed by atoms with E-state index in [1.54, 1.807) is 19.2 Å². The Morgan fingerprint density at radius 1 is 1.35 bits per heavy atom. The number of hydrogen-bond donors (Lipinski definition) is 2. The summed E-state index contributed by atoms with van der Waals surface area (Å²) in [6, 6.07) is 7.26. The maximum Gasteiger partial charge on any atom is 0.257 e. The number of piperidine rings is 1. The third-order valence-electron chi connectivity index (χ3n) is 4.13. The van der Waals surface area contributed by atoms with Gasteiger partial charge < -0.3 is 20.7 Å². The van der Waals surface area contributed by atoms with Crippen molar-refractivity contribution in [3.63, 3.8) is 0 Å². The van der Waals surface area contributed by atoms with Crippen molar-refractivity contribution in [3.05, 3.63) is 29.8 Å². The van der Waals surface area contributed by atoms with Crippen LogP contribution in [-0.2, 0) is 4.79 Å². The predicted molar refractivity (Wildman–Crippen MR) is 88.4 cm³/mol. The highest BCUT2D eigenvalue weighted by Gasteiger charge is 2.29. The van der Waals surface area contributed by atoms with Gasteiger partial charge in [0.15, 0.2) is 0 Å². The number of para-hydroxylation sites is 1. The third-order valence-corrected chi connectivity index (χ3v) is 4.13. The number of carbonyl (C=O) groups is 2. The van der Waals surface area contributed by atoms with Gasteiger partial charge in [0.2, 0.25) is 5.91 Å². The summed E-state index contributed by atoms with van der Waals surface area (Å²) in [6.45, 7) is 1.51. The molecule has 1 aliphatic rings. The topological polar surface area (TPSA) is 84.7 Å². The van der Waals surface area contributed by atoms with Crippen LogP contribution in [0.5, 0.6) is 5.75 Å². The summed E-state index contributed by atoms with van der Waals surface area (Å²) >= 11 is 0. The maximum atomic E-state index is 12.9. The van der Waals surface area contributed by atoms with E-state index in [0.717, 1.165) is 19.3 Å². The van der Waals surface area contributed by atoms with E-state index in [1.807, 2.05) is 17.0 Å². The number of carbonyl (C=O) groups excluding carboxylic acids is 2. The van der Waals surface area contributed by atoms with Gasteiger partial charge in [-0.05, 0) is 31.4 Å². The van der Waals surface area contributed by atoms with E-state index in [4.69, 9.17) is 10.5 Å². The van der Waals surface area contributed by atoms with E-state index < -0.39 is 0 Å². The highest BCUT2D eigenvalue weighted by Crippen LogP contribution is 2.24. The zero-order chi connectivity index (χ0) is 16.7. The highest BCUT2D eigenvalue weighted by atomic mass is 16.5. The summed E-state index contributed by atoms with van der Waals surface area (Å²) in [5.74, 6) is 0.469. The lowest BCUT2D eigenvalue weighted by Gasteiger charge is -2.36. The van der Waals surface area contributed by atoms with Gasteiger partial charge in [-0.2, -0.15) is 0 Å². The Morgan fingerprint density at radius 3 is 2.87 bits per heavy atom. The number of rotatable bonds is 6. The summed E-state index contributed by atoms with van der Waals surface area (Å²) in [5, 5.41) is 2.87. The molecule has 1 fully saturated rings. The number of likely N-dealkylation sites (tertiary alicyclic amines) is 1. The molecule has 0 saturated carbocycles. The molecule has 3 N–H and O–H groups in total. The second-order valence-electron chi connectivity index (χ2n) is 5.69. The monoisotopic (exact) mass is 319 g/mol. The van der Waals surface area contributed by atoms with Gasteiger partial charge in [-0.1, -0.05) is 12.1 Å². The molecule has 0 aromatic heterocycles. The molecule has 0 bridgehead atoms. The molecule has 126 valence electrons. The third kappa shape index (κ3) is 4.45. The normalized spacial score (nSPS) is 17.7. The van der Waals surface area contributed by atoms with Crippen molar-refractivity contribution in [3.8, 4) is 5.75 Å². The fraction of sp³-hybridized carbons (Fsp3) is 0.529. The first kappa shape index (κ1) is 17.3. The molecule has 6 nitrogen and oxygen atoms in total. The molecule has 1 heterocycles. The van der Waals surface area contributed by atoms with Crippen LogP contribution in [0.3, 0.4) is 0 Å². The lowest BCUT2D eigenvalue weighted by molar-refractivity contribution is -0.121. The molecule has 2 amide bonds. The minimum atomic E-state index is -0.0669. The van der Waals surface area contributed by atoms with Gasteiger partial charge >= 0.3 is 0 Å². The van der Waals surface area contributed by atoms with Gasteiger partial charge in [0.05, 0.1) is 12.7 Å². The van der Waals surface area contributed by atoms with E-state index in [9.17, 15) is 9.59 Å². The zero-order valence-corrected chi connectivity index (χ0v) is 13.6. The molecule has 0 radical (unpaired) electrons. The van der Waals surface area contributed by atoms with Crippen molar-refractivity contribution in [2.45, 2.75) is 31.7 Å². The van der Waals surface area contributed by atoms with Crippen molar-refractivity contribution in [2.75, 3.05) is 26.7 Å². The van der Waals surface area contributed by atoms with Crippen LogP contribution in [0.25, 0.3) is 0 Å². The molecule has 6 heteroatoms. The van der Waals surface area contributed by atoms with Gasteiger partial charge in [0.1, 0.15) is 5.75 Å². The van der Waals surface area contributed by atoms with Crippen molar-refractivity contribution >= 4 is 11.8 Å². The van der Waals surface area contributed by atoms with Gasteiger partial charge in [-0.15, -0.1) is 0 Å². The average molecular weight is 319 g/mol. The van der Waals surface area contributed by atoms with E-state index in [1.165, 1.54) is 0 Å². The average Bonchev–Trinajstić information content (AvgIpc) is 2.60. The van der Waals surface area contributed by atoms with Crippen LogP contribution in [0.15, 0.2) is 24.3 Å². The second-order valence-corrected chi connectivity index (χ2v) is 5.69. The van der Waals surface area contributed by atoms with Gasteiger partial charge in [0.25, 0.3) is 5.91 Å². The van der Waals surface area contributed by atoms with Crippen LogP contribution in [0.2, 0.25) is 0 Å². The number of methoxy groups -OCH3 is 1.